The lowest BCUT2D eigenvalue weighted by molar-refractivity contribution is -0.137. The van der Waals surface area contributed by atoms with E-state index < -0.39 is 0 Å². The van der Waals surface area contributed by atoms with Crippen molar-refractivity contribution in [3.05, 3.63) is 70.8 Å². The maximum absolute atomic E-state index is 13.4. The third-order valence-corrected chi connectivity index (χ3v) is 5.46. The number of halogens is 2. The van der Waals surface area contributed by atoms with Gasteiger partial charge in [-0.25, -0.2) is 4.39 Å². The molecule has 2 aromatic carbocycles. The average Bonchev–Trinajstić information content (AvgIpc) is 3.26. The molecular weight excluding hydrogens is 409 g/mol. The highest BCUT2D eigenvalue weighted by Gasteiger charge is 2.28. The highest BCUT2D eigenvalue weighted by molar-refractivity contribution is 6.31. The minimum atomic E-state index is -0.356. The second-order valence-corrected chi connectivity index (χ2v) is 7.64. The summed E-state index contributed by atoms with van der Waals surface area (Å²) in [5, 5.41) is 4.59. The van der Waals surface area contributed by atoms with Crippen LogP contribution in [0.25, 0.3) is 11.4 Å². The molecule has 3 aromatic rings. The Morgan fingerprint density at radius 1 is 1.27 bits per heavy atom. The number of hydrogen-bond donors (Lipinski definition) is 0. The van der Waals surface area contributed by atoms with Gasteiger partial charge in [-0.2, -0.15) is 4.98 Å². The molecule has 4 rings (SSSR count). The molecule has 6 nitrogen and oxygen atoms in total. The van der Waals surface area contributed by atoms with Crippen LogP contribution >= 0.6 is 11.6 Å². The van der Waals surface area contributed by atoms with Gasteiger partial charge in [-0.15, -0.1) is 0 Å². The molecule has 0 saturated carbocycles. The summed E-state index contributed by atoms with van der Waals surface area (Å²) in [6.07, 6.45) is 1.67. The van der Waals surface area contributed by atoms with Crippen molar-refractivity contribution in [3.63, 3.8) is 0 Å². The Bertz CT molecular complexity index is 1030. The van der Waals surface area contributed by atoms with E-state index in [4.69, 9.17) is 20.9 Å². The second-order valence-electron chi connectivity index (χ2n) is 7.23. The molecule has 0 spiro atoms. The molecule has 156 valence electrons. The van der Waals surface area contributed by atoms with E-state index in [0.29, 0.717) is 35.4 Å². The van der Waals surface area contributed by atoms with Crippen LogP contribution in [0, 0.1) is 5.82 Å². The first-order valence-corrected chi connectivity index (χ1v) is 10.2. The molecule has 30 heavy (non-hydrogen) atoms. The van der Waals surface area contributed by atoms with Crippen molar-refractivity contribution in [1.29, 1.82) is 0 Å². The van der Waals surface area contributed by atoms with E-state index in [-0.39, 0.29) is 30.9 Å². The van der Waals surface area contributed by atoms with Crippen molar-refractivity contribution in [1.82, 2.24) is 15.0 Å². The number of aromatic nitrogens is 2. The Balaban J connectivity index is 1.34. The fourth-order valence-electron chi connectivity index (χ4n) is 3.51. The lowest BCUT2D eigenvalue weighted by Gasteiger charge is -2.31. The zero-order valence-corrected chi connectivity index (χ0v) is 17.0. The molecular formula is C22H21ClFN3O3. The van der Waals surface area contributed by atoms with E-state index >= 15 is 0 Å². The van der Waals surface area contributed by atoms with Crippen LogP contribution in [0.4, 0.5) is 4.39 Å². The van der Waals surface area contributed by atoms with Gasteiger partial charge in [0.2, 0.25) is 17.6 Å². The maximum atomic E-state index is 13.4. The largest absolute Gasteiger partial charge is 0.367 e. The molecule has 1 fully saturated rings. The Hall–Kier alpha value is -2.77. The van der Waals surface area contributed by atoms with E-state index in [1.54, 1.807) is 23.1 Å². The van der Waals surface area contributed by atoms with Crippen LogP contribution < -0.4 is 0 Å². The van der Waals surface area contributed by atoms with Gasteiger partial charge in [-0.3, -0.25) is 4.79 Å². The van der Waals surface area contributed by atoms with Crippen molar-refractivity contribution in [3.8, 4) is 11.4 Å². The first-order valence-electron chi connectivity index (χ1n) is 9.78. The summed E-state index contributed by atoms with van der Waals surface area (Å²) in [5.74, 6) is 0.308. The number of likely N-dealkylation sites (tertiary alicyclic amines) is 1. The first-order chi connectivity index (χ1) is 14.6. The molecule has 1 aliphatic heterocycles. The van der Waals surface area contributed by atoms with Gasteiger partial charge >= 0.3 is 0 Å². The smallest absolute Gasteiger partial charge is 0.248 e. The predicted molar refractivity (Wildman–Crippen MR) is 109 cm³/mol. The van der Waals surface area contributed by atoms with Crippen molar-refractivity contribution in [2.45, 2.75) is 25.4 Å². The van der Waals surface area contributed by atoms with E-state index in [0.717, 1.165) is 18.4 Å². The first kappa shape index (κ1) is 20.5. The molecule has 2 heterocycles. The molecule has 1 amide bonds. The summed E-state index contributed by atoms with van der Waals surface area (Å²) in [6, 6.07) is 13.4. The Morgan fingerprint density at radius 3 is 2.97 bits per heavy atom. The molecule has 1 atom stereocenters. The molecule has 0 N–H and O–H groups in total. The second kappa shape index (κ2) is 9.36. The third-order valence-electron chi connectivity index (χ3n) is 5.09. The maximum Gasteiger partial charge on any atom is 0.248 e. The molecule has 1 unspecified atom stereocenters. The van der Waals surface area contributed by atoms with Crippen molar-refractivity contribution < 1.29 is 18.4 Å². The Morgan fingerprint density at radius 2 is 2.13 bits per heavy atom. The normalized spacial score (nSPS) is 16.6. The SMILES string of the molecule is O=C(COCc1ccccc1Cl)N1CCCC(c2nc(-c3cccc(F)c3)no2)C1. The van der Waals surface area contributed by atoms with Crippen LogP contribution in [0.2, 0.25) is 5.02 Å². The molecule has 1 aromatic heterocycles. The summed E-state index contributed by atoms with van der Waals surface area (Å²) < 4.78 is 24.4. The van der Waals surface area contributed by atoms with Gasteiger partial charge in [0.25, 0.3) is 0 Å². The third kappa shape index (κ3) is 4.86. The fraction of sp³-hybridized carbons (Fsp3) is 0.318. The van der Waals surface area contributed by atoms with Gasteiger partial charge in [-0.1, -0.05) is 47.1 Å². The quantitative estimate of drug-likeness (QED) is 0.579. The number of hydrogen-bond acceptors (Lipinski definition) is 5. The van der Waals surface area contributed by atoms with Crippen LogP contribution in [0.1, 0.15) is 30.2 Å². The Labute approximate surface area is 178 Å². The van der Waals surface area contributed by atoms with Crippen LogP contribution in [-0.4, -0.2) is 40.6 Å². The van der Waals surface area contributed by atoms with Gasteiger partial charge < -0.3 is 14.2 Å². The summed E-state index contributed by atoms with van der Waals surface area (Å²) in [6.45, 7) is 1.41. The zero-order chi connectivity index (χ0) is 20.9. The molecule has 0 bridgehead atoms. The van der Waals surface area contributed by atoms with Crippen molar-refractivity contribution in [2.75, 3.05) is 19.7 Å². The van der Waals surface area contributed by atoms with Gasteiger partial charge in [0.1, 0.15) is 12.4 Å². The summed E-state index contributed by atoms with van der Waals surface area (Å²) >= 11 is 6.11. The number of carbonyl (C=O) groups is 1. The topological polar surface area (TPSA) is 68.5 Å². The zero-order valence-electron chi connectivity index (χ0n) is 16.3. The minimum Gasteiger partial charge on any atom is -0.367 e. The van der Waals surface area contributed by atoms with Crippen LogP contribution in [0.5, 0.6) is 0 Å². The van der Waals surface area contributed by atoms with Crippen LogP contribution in [-0.2, 0) is 16.1 Å². The minimum absolute atomic E-state index is 0.0175. The molecule has 8 heteroatoms. The van der Waals surface area contributed by atoms with E-state index in [1.807, 2.05) is 18.2 Å². The van der Waals surface area contributed by atoms with Gasteiger partial charge in [-0.05, 0) is 36.6 Å². The fourth-order valence-corrected chi connectivity index (χ4v) is 3.70. The van der Waals surface area contributed by atoms with Gasteiger partial charge in [0, 0.05) is 23.7 Å². The standard InChI is InChI=1S/C22H21ClFN3O3/c23-19-9-2-1-5-17(19)13-29-14-20(28)27-10-4-7-16(12-27)22-25-21(26-30-22)15-6-3-8-18(24)11-15/h1-3,5-6,8-9,11,16H,4,7,10,12-14H2. The molecule has 0 aliphatic carbocycles. The van der Waals surface area contributed by atoms with Gasteiger partial charge in [0.15, 0.2) is 0 Å². The average molecular weight is 430 g/mol. The summed E-state index contributed by atoms with van der Waals surface area (Å²) in [4.78, 5) is 18.8. The number of piperidine rings is 1. The van der Waals surface area contributed by atoms with E-state index in [2.05, 4.69) is 10.1 Å². The monoisotopic (exact) mass is 429 g/mol. The summed E-state index contributed by atoms with van der Waals surface area (Å²) in [5.41, 5.74) is 1.40. The predicted octanol–water partition coefficient (Wildman–Crippen LogP) is 4.45. The molecule has 1 aliphatic rings. The van der Waals surface area contributed by atoms with Crippen molar-refractivity contribution in [2.24, 2.45) is 0 Å². The lowest BCUT2D eigenvalue weighted by Crippen LogP contribution is -2.41. The van der Waals surface area contributed by atoms with Crippen LogP contribution in [0.3, 0.4) is 0 Å². The number of amides is 1. The molecule has 1 saturated heterocycles. The Kier molecular flexibility index (Phi) is 6.40. The summed E-state index contributed by atoms with van der Waals surface area (Å²) in [7, 11) is 0. The molecule has 0 radical (unpaired) electrons. The number of benzene rings is 2. The van der Waals surface area contributed by atoms with E-state index in [1.165, 1.54) is 12.1 Å². The number of carbonyl (C=O) groups excluding carboxylic acids is 1. The lowest BCUT2D eigenvalue weighted by atomic mass is 9.98. The highest BCUT2D eigenvalue weighted by Crippen LogP contribution is 2.28. The highest BCUT2D eigenvalue weighted by atomic mass is 35.5. The van der Waals surface area contributed by atoms with Crippen molar-refractivity contribution >= 4 is 17.5 Å². The van der Waals surface area contributed by atoms with Gasteiger partial charge in [0.05, 0.1) is 12.5 Å². The number of rotatable bonds is 6. The number of nitrogens with zero attached hydrogens (tertiary/aromatic N) is 3. The van der Waals surface area contributed by atoms with Crippen LogP contribution in [0.15, 0.2) is 53.1 Å². The number of ether oxygens (including phenoxy) is 1. The van der Waals surface area contributed by atoms with E-state index in [9.17, 15) is 9.18 Å².